The molecule has 1 unspecified atom stereocenters. The SMILES string of the molecule is O=C(c1cccs1)C(O)(C1=CCC=C1)c1cccs1. The highest BCUT2D eigenvalue weighted by Crippen LogP contribution is 2.39. The molecular weight excluding hydrogens is 276 g/mol. The number of Topliss-reactive ketones (excluding diaryl/α,β-unsaturated/α-hetero) is 1. The summed E-state index contributed by atoms with van der Waals surface area (Å²) in [5.41, 5.74) is -0.875. The molecular formula is C15H12O2S2. The van der Waals surface area contributed by atoms with Crippen LogP contribution in [-0.2, 0) is 5.60 Å². The second-order valence-corrected chi connectivity index (χ2v) is 6.19. The predicted molar refractivity (Wildman–Crippen MR) is 78.7 cm³/mol. The van der Waals surface area contributed by atoms with E-state index in [9.17, 15) is 9.90 Å². The summed E-state index contributed by atoms with van der Waals surface area (Å²) in [6, 6.07) is 7.24. The quantitative estimate of drug-likeness (QED) is 0.870. The molecule has 0 saturated carbocycles. The van der Waals surface area contributed by atoms with Gasteiger partial charge in [0.1, 0.15) is 0 Å². The number of rotatable bonds is 4. The van der Waals surface area contributed by atoms with Crippen LogP contribution >= 0.6 is 22.7 Å². The molecule has 0 fully saturated rings. The first-order valence-corrected chi connectivity index (χ1v) is 7.70. The summed E-state index contributed by atoms with van der Waals surface area (Å²) in [5.74, 6) is -0.247. The molecule has 2 heterocycles. The van der Waals surface area contributed by atoms with Gasteiger partial charge in [-0.2, -0.15) is 0 Å². The minimum atomic E-state index is -1.55. The van der Waals surface area contributed by atoms with Crippen molar-refractivity contribution < 1.29 is 9.90 Å². The molecule has 19 heavy (non-hydrogen) atoms. The molecule has 0 saturated heterocycles. The van der Waals surface area contributed by atoms with Crippen LogP contribution in [0.2, 0.25) is 0 Å². The van der Waals surface area contributed by atoms with Crippen LogP contribution in [0, 0.1) is 0 Å². The van der Waals surface area contributed by atoms with Gasteiger partial charge in [-0.15, -0.1) is 22.7 Å². The molecule has 4 heteroatoms. The fourth-order valence-electron chi connectivity index (χ4n) is 2.18. The van der Waals surface area contributed by atoms with Gasteiger partial charge >= 0.3 is 0 Å². The molecule has 2 nitrogen and oxygen atoms in total. The number of ketones is 1. The van der Waals surface area contributed by atoms with E-state index in [1.54, 1.807) is 6.07 Å². The summed E-state index contributed by atoms with van der Waals surface area (Å²) in [7, 11) is 0. The summed E-state index contributed by atoms with van der Waals surface area (Å²) in [5, 5.41) is 14.8. The van der Waals surface area contributed by atoms with E-state index in [1.165, 1.54) is 22.7 Å². The van der Waals surface area contributed by atoms with Gasteiger partial charge < -0.3 is 5.11 Å². The van der Waals surface area contributed by atoms with Crippen molar-refractivity contribution in [2.24, 2.45) is 0 Å². The molecule has 0 aliphatic heterocycles. The molecule has 0 radical (unpaired) electrons. The van der Waals surface area contributed by atoms with Crippen LogP contribution < -0.4 is 0 Å². The van der Waals surface area contributed by atoms with Gasteiger partial charge in [-0.25, -0.2) is 0 Å². The molecule has 0 aromatic carbocycles. The van der Waals surface area contributed by atoms with Gasteiger partial charge in [-0.1, -0.05) is 30.4 Å². The van der Waals surface area contributed by atoms with Crippen LogP contribution in [0.1, 0.15) is 21.0 Å². The zero-order chi connectivity index (χ0) is 13.3. The highest BCUT2D eigenvalue weighted by molar-refractivity contribution is 7.12. The standard InChI is InChI=1S/C15H12O2S2/c16-14(12-7-3-9-18-12)15(17,11-5-1-2-6-11)13-8-4-10-19-13/h1,3-10,17H,2H2. The van der Waals surface area contributed by atoms with Crippen LogP contribution in [0.5, 0.6) is 0 Å². The van der Waals surface area contributed by atoms with Crippen molar-refractivity contribution in [3.8, 4) is 0 Å². The molecule has 2 aromatic heterocycles. The molecule has 1 aliphatic carbocycles. The van der Waals surface area contributed by atoms with Gasteiger partial charge in [0.25, 0.3) is 0 Å². The Morgan fingerprint density at radius 1 is 1.21 bits per heavy atom. The molecule has 0 spiro atoms. The van der Waals surface area contributed by atoms with Crippen LogP contribution in [0.25, 0.3) is 0 Å². The van der Waals surface area contributed by atoms with E-state index in [0.29, 0.717) is 15.3 Å². The predicted octanol–water partition coefficient (Wildman–Crippen LogP) is 3.77. The fourth-order valence-corrected chi connectivity index (χ4v) is 3.74. The summed E-state index contributed by atoms with van der Waals surface area (Å²) in [6.07, 6.45) is 6.47. The van der Waals surface area contributed by atoms with Gasteiger partial charge in [-0.05, 0) is 34.9 Å². The topological polar surface area (TPSA) is 37.3 Å². The normalized spacial score (nSPS) is 17.2. The molecule has 0 bridgehead atoms. The lowest BCUT2D eigenvalue weighted by molar-refractivity contribution is 0.0504. The highest BCUT2D eigenvalue weighted by Gasteiger charge is 2.42. The Bertz CT molecular complexity index is 636. The number of thiophene rings is 2. The Balaban J connectivity index is 2.12. The Kier molecular flexibility index (Phi) is 3.22. The summed E-state index contributed by atoms with van der Waals surface area (Å²) < 4.78 is 0. The molecule has 2 aromatic rings. The van der Waals surface area contributed by atoms with Crippen LogP contribution in [0.3, 0.4) is 0 Å². The lowest BCUT2D eigenvalue weighted by Gasteiger charge is -2.25. The van der Waals surface area contributed by atoms with Crippen molar-refractivity contribution in [1.82, 2.24) is 0 Å². The van der Waals surface area contributed by atoms with Crippen LogP contribution in [0.4, 0.5) is 0 Å². The van der Waals surface area contributed by atoms with Crippen molar-refractivity contribution in [2.75, 3.05) is 0 Å². The Hall–Kier alpha value is -1.49. The van der Waals surface area contributed by atoms with Crippen molar-refractivity contribution in [1.29, 1.82) is 0 Å². The van der Waals surface area contributed by atoms with E-state index in [2.05, 4.69) is 0 Å². The Labute approximate surface area is 119 Å². The average molecular weight is 288 g/mol. The van der Waals surface area contributed by atoms with Crippen molar-refractivity contribution in [2.45, 2.75) is 12.0 Å². The second-order valence-electron chi connectivity index (χ2n) is 4.29. The average Bonchev–Trinajstić information content (AvgIpc) is 3.19. The maximum Gasteiger partial charge on any atom is 0.214 e. The maximum absolute atomic E-state index is 12.7. The summed E-state index contributed by atoms with van der Waals surface area (Å²) in [6.45, 7) is 0. The number of hydrogen-bond acceptors (Lipinski definition) is 4. The van der Waals surface area contributed by atoms with E-state index < -0.39 is 5.60 Å². The maximum atomic E-state index is 12.7. The zero-order valence-electron chi connectivity index (χ0n) is 10.1. The van der Waals surface area contributed by atoms with E-state index in [4.69, 9.17) is 0 Å². The summed E-state index contributed by atoms with van der Waals surface area (Å²) >= 11 is 2.76. The second kappa shape index (κ2) is 4.89. The smallest absolute Gasteiger partial charge is 0.214 e. The van der Waals surface area contributed by atoms with E-state index in [1.807, 2.05) is 47.2 Å². The zero-order valence-corrected chi connectivity index (χ0v) is 11.7. The first-order chi connectivity index (χ1) is 9.23. The molecule has 3 rings (SSSR count). The summed E-state index contributed by atoms with van der Waals surface area (Å²) in [4.78, 5) is 14.0. The van der Waals surface area contributed by atoms with Crippen LogP contribution in [-0.4, -0.2) is 10.9 Å². The minimum Gasteiger partial charge on any atom is -0.372 e. The van der Waals surface area contributed by atoms with Gasteiger partial charge in [0.05, 0.1) is 4.88 Å². The molecule has 1 atom stereocenters. The lowest BCUT2D eigenvalue weighted by atomic mass is 9.87. The van der Waals surface area contributed by atoms with Gasteiger partial charge in [-0.3, -0.25) is 4.79 Å². The molecule has 1 aliphatic rings. The van der Waals surface area contributed by atoms with E-state index >= 15 is 0 Å². The van der Waals surface area contributed by atoms with E-state index in [-0.39, 0.29) is 5.78 Å². The largest absolute Gasteiger partial charge is 0.372 e. The third-order valence-electron chi connectivity index (χ3n) is 3.14. The Morgan fingerprint density at radius 2 is 2.00 bits per heavy atom. The third-order valence-corrected chi connectivity index (χ3v) is 4.99. The number of aliphatic hydroxyl groups is 1. The fraction of sp³-hybridized carbons (Fsp3) is 0.133. The van der Waals surface area contributed by atoms with Gasteiger partial charge in [0.2, 0.25) is 5.78 Å². The number of hydrogen-bond donors (Lipinski definition) is 1. The highest BCUT2D eigenvalue weighted by atomic mass is 32.1. The number of allylic oxidation sites excluding steroid dienone is 2. The van der Waals surface area contributed by atoms with E-state index in [0.717, 1.165) is 6.42 Å². The molecule has 96 valence electrons. The molecule has 0 amide bonds. The van der Waals surface area contributed by atoms with Crippen molar-refractivity contribution in [3.63, 3.8) is 0 Å². The molecule has 1 N–H and O–H groups in total. The monoisotopic (exact) mass is 288 g/mol. The van der Waals surface area contributed by atoms with Crippen LogP contribution in [0.15, 0.2) is 58.8 Å². The van der Waals surface area contributed by atoms with Gasteiger partial charge in [0, 0.05) is 4.88 Å². The Morgan fingerprint density at radius 3 is 2.58 bits per heavy atom. The minimum absolute atomic E-state index is 0.247. The number of carbonyl (C=O) groups is 1. The lowest BCUT2D eigenvalue weighted by Crippen LogP contribution is -2.36. The van der Waals surface area contributed by atoms with Crippen molar-refractivity contribution >= 4 is 28.5 Å². The van der Waals surface area contributed by atoms with Gasteiger partial charge in [0.15, 0.2) is 5.60 Å². The van der Waals surface area contributed by atoms with Crippen molar-refractivity contribution in [3.05, 3.63) is 68.6 Å². The first kappa shape index (κ1) is 12.5. The first-order valence-electron chi connectivity index (χ1n) is 5.95. The third kappa shape index (κ3) is 2.02. The number of carbonyl (C=O) groups excluding carboxylic acids is 1.